The van der Waals surface area contributed by atoms with Crippen LogP contribution in [0.25, 0.3) is 0 Å². The lowest BCUT2D eigenvalue weighted by molar-refractivity contribution is 0.0770. The first-order valence-electron chi connectivity index (χ1n) is 17.8. The van der Waals surface area contributed by atoms with Crippen molar-refractivity contribution >= 4 is 43.3 Å². The minimum absolute atomic E-state index is 0.0389. The van der Waals surface area contributed by atoms with E-state index in [-0.39, 0.29) is 16.0 Å². The molecule has 0 bridgehead atoms. The molecular formula is C44H53NO3Si2. The summed E-state index contributed by atoms with van der Waals surface area (Å²) in [6.45, 7) is 21.0. The van der Waals surface area contributed by atoms with E-state index in [1.165, 1.54) is 10.4 Å². The molecule has 0 fully saturated rings. The number of nitrogens with zero attached hydrogens (tertiary/aromatic N) is 1. The van der Waals surface area contributed by atoms with E-state index in [0.717, 1.165) is 21.7 Å². The van der Waals surface area contributed by atoms with Crippen LogP contribution in [0.4, 0.5) is 0 Å². The quantitative estimate of drug-likeness (QED) is 0.130. The van der Waals surface area contributed by atoms with Gasteiger partial charge in [-0.15, -0.1) is 0 Å². The number of carbonyl (C=O) groups excluding carboxylic acids is 1. The van der Waals surface area contributed by atoms with Gasteiger partial charge >= 0.3 is 16.6 Å². The van der Waals surface area contributed by atoms with Crippen molar-refractivity contribution in [3.8, 4) is 11.5 Å². The molecule has 0 N–H and O–H groups in total. The summed E-state index contributed by atoms with van der Waals surface area (Å²) in [7, 11) is -6.09. The van der Waals surface area contributed by atoms with E-state index in [9.17, 15) is 4.79 Å². The van der Waals surface area contributed by atoms with Gasteiger partial charge in [-0.1, -0.05) is 163 Å². The van der Waals surface area contributed by atoms with Crippen LogP contribution >= 0.6 is 0 Å². The fourth-order valence-electron chi connectivity index (χ4n) is 7.34. The minimum Gasteiger partial charge on any atom is -0.534 e. The first kappa shape index (κ1) is 36.9. The fraction of sp³-hybridized carbons (Fsp3) is 0.295. The number of benzene rings is 5. The van der Waals surface area contributed by atoms with E-state index < -0.39 is 16.6 Å². The zero-order valence-electron chi connectivity index (χ0n) is 31.3. The van der Waals surface area contributed by atoms with Gasteiger partial charge in [0.15, 0.2) is 0 Å². The molecule has 0 aromatic heterocycles. The minimum atomic E-state index is -3.10. The summed E-state index contributed by atoms with van der Waals surface area (Å²) >= 11 is 0. The number of rotatable bonds is 11. The van der Waals surface area contributed by atoms with Gasteiger partial charge in [0.2, 0.25) is 0 Å². The summed E-state index contributed by atoms with van der Waals surface area (Å²) in [6, 6.07) is 46.6. The third kappa shape index (κ3) is 6.84. The lowest BCUT2D eigenvalue weighted by Crippen LogP contribution is -2.69. The van der Waals surface area contributed by atoms with Gasteiger partial charge in [0.05, 0.1) is 5.56 Å². The molecule has 0 aliphatic heterocycles. The zero-order valence-corrected chi connectivity index (χ0v) is 33.3. The maximum atomic E-state index is 14.4. The van der Waals surface area contributed by atoms with Crippen molar-refractivity contribution in [3.05, 3.63) is 145 Å². The number of aryl methyl sites for hydroxylation is 1. The maximum absolute atomic E-state index is 14.4. The highest BCUT2D eigenvalue weighted by atomic mass is 28.4. The topological polar surface area (TPSA) is 38.8 Å². The zero-order chi connectivity index (χ0) is 36.2. The van der Waals surface area contributed by atoms with E-state index in [0.29, 0.717) is 24.4 Å². The molecule has 0 aliphatic carbocycles. The standard InChI is InChI=1S/C44H53NO3Si2/c1-10-45(11-2)42(46)39-32-34(3)40(47-49(43(4,5)6,35-24-16-12-17-25-35)36-26-18-13-19-27-36)33-41(39)48-50(44(7,8)9,37-28-20-14-21-29-37)38-30-22-15-23-31-38/h12-33H,10-11H2,1-9H3. The Morgan fingerprint density at radius 1 is 0.540 bits per heavy atom. The van der Waals surface area contributed by atoms with Crippen LogP contribution in [0.2, 0.25) is 10.1 Å². The SMILES string of the molecule is CCN(CC)C(=O)c1cc(C)c(O[Si](c2ccccc2)(c2ccccc2)C(C)(C)C)cc1O[Si](c1ccccc1)(c1ccccc1)C(C)(C)C. The van der Waals surface area contributed by atoms with Gasteiger partial charge in [-0.25, -0.2) is 0 Å². The van der Waals surface area contributed by atoms with Gasteiger partial charge in [0.25, 0.3) is 5.91 Å². The van der Waals surface area contributed by atoms with Gasteiger partial charge in [-0.05, 0) is 63.2 Å². The van der Waals surface area contributed by atoms with Crippen LogP contribution in [0.3, 0.4) is 0 Å². The highest BCUT2D eigenvalue weighted by molar-refractivity contribution is 7.00. The first-order valence-corrected chi connectivity index (χ1v) is 21.7. The van der Waals surface area contributed by atoms with Crippen LogP contribution in [0.5, 0.6) is 11.5 Å². The van der Waals surface area contributed by atoms with Gasteiger partial charge in [0.1, 0.15) is 11.5 Å². The molecule has 0 radical (unpaired) electrons. The molecule has 0 saturated heterocycles. The Bertz CT molecular complexity index is 1780. The highest BCUT2D eigenvalue weighted by Crippen LogP contribution is 2.43. The second-order valence-electron chi connectivity index (χ2n) is 15.1. The predicted octanol–water partition coefficient (Wildman–Crippen LogP) is 8.35. The second-order valence-corrected chi connectivity index (χ2v) is 23.6. The molecule has 5 aromatic carbocycles. The monoisotopic (exact) mass is 699 g/mol. The summed E-state index contributed by atoms with van der Waals surface area (Å²) in [5, 5.41) is 4.14. The van der Waals surface area contributed by atoms with Crippen LogP contribution in [0.1, 0.15) is 71.3 Å². The van der Waals surface area contributed by atoms with Gasteiger partial charge < -0.3 is 13.8 Å². The van der Waals surface area contributed by atoms with Gasteiger partial charge in [0, 0.05) is 19.2 Å². The molecule has 260 valence electrons. The average Bonchev–Trinajstić information content (AvgIpc) is 3.11. The lowest BCUT2D eigenvalue weighted by Gasteiger charge is -2.44. The van der Waals surface area contributed by atoms with Crippen molar-refractivity contribution in [2.45, 2.75) is 72.4 Å². The van der Waals surface area contributed by atoms with Crippen molar-refractivity contribution < 1.29 is 13.6 Å². The van der Waals surface area contributed by atoms with Crippen LogP contribution in [0.15, 0.2) is 133 Å². The summed E-state index contributed by atoms with van der Waals surface area (Å²) in [5.41, 5.74) is 1.47. The second kappa shape index (κ2) is 14.8. The Kier molecular flexibility index (Phi) is 10.9. The molecule has 0 saturated carbocycles. The molecule has 4 nitrogen and oxygen atoms in total. The molecule has 5 rings (SSSR count). The average molecular weight is 700 g/mol. The van der Waals surface area contributed by atoms with Crippen molar-refractivity contribution in [3.63, 3.8) is 0 Å². The van der Waals surface area contributed by atoms with E-state index in [1.54, 1.807) is 0 Å². The van der Waals surface area contributed by atoms with Gasteiger partial charge in [-0.3, -0.25) is 4.79 Å². The third-order valence-electron chi connectivity index (χ3n) is 9.92. The molecule has 50 heavy (non-hydrogen) atoms. The van der Waals surface area contributed by atoms with E-state index in [4.69, 9.17) is 8.85 Å². The van der Waals surface area contributed by atoms with E-state index >= 15 is 0 Å². The summed E-state index contributed by atoms with van der Waals surface area (Å²) in [4.78, 5) is 16.3. The summed E-state index contributed by atoms with van der Waals surface area (Å²) < 4.78 is 15.3. The molecule has 5 aromatic rings. The largest absolute Gasteiger partial charge is 0.534 e. The normalized spacial score (nSPS) is 12.3. The molecule has 0 heterocycles. The Labute approximate surface area is 302 Å². The predicted molar refractivity (Wildman–Crippen MR) is 215 cm³/mol. The van der Waals surface area contributed by atoms with Crippen molar-refractivity contribution in [2.24, 2.45) is 0 Å². The molecule has 6 heteroatoms. The molecule has 0 atom stereocenters. The van der Waals surface area contributed by atoms with Gasteiger partial charge in [-0.2, -0.15) is 0 Å². The fourth-order valence-corrected chi connectivity index (χ4v) is 16.3. The number of amides is 1. The molecular weight excluding hydrogens is 647 g/mol. The van der Waals surface area contributed by atoms with Crippen LogP contribution in [0, 0.1) is 6.92 Å². The Morgan fingerprint density at radius 3 is 1.16 bits per heavy atom. The van der Waals surface area contributed by atoms with Crippen LogP contribution < -0.4 is 29.6 Å². The van der Waals surface area contributed by atoms with Crippen LogP contribution in [-0.4, -0.2) is 40.5 Å². The third-order valence-corrected chi connectivity index (χ3v) is 19.8. The maximum Gasteiger partial charge on any atom is 0.319 e. The summed E-state index contributed by atoms with van der Waals surface area (Å²) in [5.74, 6) is 1.26. The Balaban J connectivity index is 1.83. The molecule has 1 amide bonds. The smallest absolute Gasteiger partial charge is 0.319 e. The van der Waals surface area contributed by atoms with E-state index in [1.807, 2.05) is 43.0 Å². The first-order chi connectivity index (χ1) is 23.8. The van der Waals surface area contributed by atoms with Crippen molar-refractivity contribution in [1.82, 2.24) is 4.90 Å². The van der Waals surface area contributed by atoms with Crippen molar-refractivity contribution in [1.29, 1.82) is 0 Å². The molecule has 0 aliphatic rings. The number of hydrogen-bond acceptors (Lipinski definition) is 3. The molecule has 0 spiro atoms. The highest BCUT2D eigenvalue weighted by Gasteiger charge is 2.54. The lowest BCUT2D eigenvalue weighted by atomic mass is 10.1. The number of carbonyl (C=O) groups is 1. The van der Waals surface area contributed by atoms with Crippen molar-refractivity contribution in [2.75, 3.05) is 13.1 Å². The Morgan fingerprint density at radius 2 is 0.860 bits per heavy atom. The molecule has 0 unspecified atom stereocenters. The summed E-state index contributed by atoms with van der Waals surface area (Å²) in [6.07, 6.45) is 0. The van der Waals surface area contributed by atoms with Crippen LogP contribution in [-0.2, 0) is 0 Å². The number of hydrogen-bond donors (Lipinski definition) is 0. The van der Waals surface area contributed by atoms with E-state index in [2.05, 4.69) is 158 Å². The Hall–Kier alpha value is -4.40.